The van der Waals surface area contributed by atoms with Crippen molar-refractivity contribution < 1.29 is 18.3 Å². The van der Waals surface area contributed by atoms with Crippen LogP contribution in [0, 0.1) is 0 Å². The normalized spacial score (nSPS) is 13.1. The number of nitrogen functional groups attached to an aromatic ring is 1. The maximum Gasteiger partial charge on any atom is 0.202 e. The fraction of sp³-hybridized carbons (Fsp3) is 0.231. The quantitative estimate of drug-likeness (QED) is 0.801. The number of nitrogens with two attached hydrogens (primary N) is 1. The van der Waals surface area contributed by atoms with Crippen molar-refractivity contribution in [3.63, 3.8) is 0 Å². The van der Waals surface area contributed by atoms with Crippen LogP contribution < -0.4 is 5.73 Å². The summed E-state index contributed by atoms with van der Waals surface area (Å²) in [7, 11) is -1.93. The molecule has 1 unspecified atom stereocenters. The van der Waals surface area contributed by atoms with Crippen molar-refractivity contribution in [2.45, 2.75) is 11.2 Å². The highest BCUT2D eigenvalue weighted by Crippen LogP contribution is 2.23. The summed E-state index contributed by atoms with van der Waals surface area (Å²) in [5, 5.41) is 9.65. The number of nitrogens with zero attached hydrogens (tertiary/aromatic N) is 2. The van der Waals surface area contributed by atoms with E-state index >= 15 is 0 Å². The maximum atomic E-state index is 11.4. The second-order valence-electron chi connectivity index (χ2n) is 4.41. The number of hydrogen-bond acceptors (Lipinski definition) is 7. The number of benzene rings is 1. The first kappa shape index (κ1) is 15.4. The van der Waals surface area contributed by atoms with E-state index in [-0.39, 0.29) is 16.4 Å². The Balaban J connectivity index is 2.43. The monoisotopic (exact) mass is 309 g/mol. The van der Waals surface area contributed by atoms with Crippen LogP contribution in [0.15, 0.2) is 35.4 Å². The summed E-state index contributed by atoms with van der Waals surface area (Å²) < 4.78 is 27.6. The molecule has 2 rings (SSSR count). The molecule has 3 N–H and O–H groups in total. The summed E-state index contributed by atoms with van der Waals surface area (Å²) in [5.74, 6) is 0.0702. The van der Waals surface area contributed by atoms with Gasteiger partial charge in [0.25, 0.3) is 0 Å². The van der Waals surface area contributed by atoms with Gasteiger partial charge in [-0.15, -0.1) is 0 Å². The van der Waals surface area contributed by atoms with E-state index in [0.29, 0.717) is 11.3 Å². The van der Waals surface area contributed by atoms with Gasteiger partial charge in [0, 0.05) is 18.9 Å². The zero-order valence-electron chi connectivity index (χ0n) is 11.5. The molecule has 0 aliphatic heterocycles. The fourth-order valence-electron chi connectivity index (χ4n) is 1.72. The van der Waals surface area contributed by atoms with E-state index in [2.05, 4.69) is 9.97 Å². The minimum atomic E-state index is -3.25. The molecule has 0 amide bonds. The number of sulfone groups is 1. The zero-order valence-corrected chi connectivity index (χ0v) is 12.3. The van der Waals surface area contributed by atoms with Crippen molar-refractivity contribution >= 4 is 15.7 Å². The van der Waals surface area contributed by atoms with Gasteiger partial charge in [-0.3, -0.25) is 0 Å². The molecule has 8 heteroatoms. The van der Waals surface area contributed by atoms with Gasteiger partial charge in [-0.25, -0.2) is 18.4 Å². The van der Waals surface area contributed by atoms with E-state index in [9.17, 15) is 13.5 Å². The number of aliphatic hydroxyl groups is 1. The highest BCUT2D eigenvalue weighted by Gasteiger charge is 2.15. The van der Waals surface area contributed by atoms with E-state index in [1.54, 1.807) is 12.1 Å². The predicted octanol–water partition coefficient (Wildman–Crippen LogP) is 0.767. The third-order valence-corrected chi connectivity index (χ3v) is 3.99. The summed E-state index contributed by atoms with van der Waals surface area (Å²) in [6.45, 7) is 0. The number of hydrogen-bond donors (Lipinski definition) is 2. The summed E-state index contributed by atoms with van der Waals surface area (Å²) >= 11 is 0. The molecule has 1 aromatic carbocycles. The minimum absolute atomic E-state index is 0.0702. The first-order valence-corrected chi connectivity index (χ1v) is 7.86. The van der Waals surface area contributed by atoms with Gasteiger partial charge in [0.2, 0.25) is 6.29 Å². The van der Waals surface area contributed by atoms with Crippen molar-refractivity contribution in [2.75, 3.05) is 19.1 Å². The third-order valence-electron chi connectivity index (χ3n) is 2.86. The van der Waals surface area contributed by atoms with Gasteiger partial charge in [-0.1, -0.05) is 12.1 Å². The van der Waals surface area contributed by atoms with Gasteiger partial charge in [0.05, 0.1) is 16.8 Å². The summed E-state index contributed by atoms with van der Waals surface area (Å²) in [4.78, 5) is 8.36. The summed E-state index contributed by atoms with van der Waals surface area (Å²) in [6, 6.07) is 6.18. The van der Waals surface area contributed by atoms with Crippen LogP contribution in [0.1, 0.15) is 12.0 Å². The van der Waals surface area contributed by atoms with Crippen molar-refractivity contribution in [1.29, 1.82) is 0 Å². The lowest BCUT2D eigenvalue weighted by molar-refractivity contribution is -0.0794. The molecule has 1 heterocycles. The van der Waals surface area contributed by atoms with Crippen LogP contribution in [0.25, 0.3) is 11.3 Å². The van der Waals surface area contributed by atoms with Gasteiger partial charge >= 0.3 is 0 Å². The van der Waals surface area contributed by atoms with Gasteiger partial charge in [0.1, 0.15) is 11.5 Å². The van der Waals surface area contributed by atoms with Crippen molar-refractivity contribution in [2.24, 2.45) is 0 Å². The maximum absolute atomic E-state index is 11.4. The number of methoxy groups -OCH3 is 1. The summed E-state index contributed by atoms with van der Waals surface area (Å²) in [5.41, 5.74) is 6.85. The van der Waals surface area contributed by atoms with Crippen molar-refractivity contribution in [3.8, 4) is 11.3 Å². The summed E-state index contributed by atoms with van der Waals surface area (Å²) in [6.07, 6.45) is 1.31. The van der Waals surface area contributed by atoms with Crippen LogP contribution >= 0.6 is 0 Å². The SMILES string of the molecule is COC(O)c1nc(-c2ccc(S(C)(=O)=O)cc2)cnc1N. The van der Waals surface area contributed by atoms with Crippen molar-refractivity contribution in [3.05, 3.63) is 36.2 Å². The van der Waals surface area contributed by atoms with Crippen molar-refractivity contribution in [1.82, 2.24) is 9.97 Å². The van der Waals surface area contributed by atoms with E-state index in [1.165, 1.54) is 25.4 Å². The number of ether oxygens (including phenoxy) is 1. The molecule has 0 bridgehead atoms. The average molecular weight is 309 g/mol. The number of rotatable bonds is 4. The first-order valence-electron chi connectivity index (χ1n) is 5.96. The second-order valence-corrected chi connectivity index (χ2v) is 6.43. The molecule has 112 valence electrons. The zero-order chi connectivity index (χ0) is 15.6. The molecule has 0 fully saturated rings. The van der Waals surface area contributed by atoms with Gasteiger partial charge in [0.15, 0.2) is 9.84 Å². The van der Waals surface area contributed by atoms with Gasteiger partial charge < -0.3 is 15.6 Å². The topological polar surface area (TPSA) is 115 Å². The number of anilines is 1. The molecule has 21 heavy (non-hydrogen) atoms. The lowest BCUT2D eigenvalue weighted by Crippen LogP contribution is -2.09. The Morgan fingerprint density at radius 2 is 1.90 bits per heavy atom. The van der Waals surface area contributed by atoms with Crippen LogP contribution in [-0.4, -0.2) is 36.9 Å². The lowest BCUT2D eigenvalue weighted by atomic mass is 10.1. The number of aromatic nitrogens is 2. The molecule has 0 aliphatic carbocycles. The highest BCUT2D eigenvalue weighted by molar-refractivity contribution is 7.90. The molecule has 0 saturated heterocycles. The average Bonchev–Trinajstić information content (AvgIpc) is 2.46. The molecule has 7 nitrogen and oxygen atoms in total. The van der Waals surface area contributed by atoms with Crippen LogP contribution in [0.3, 0.4) is 0 Å². The lowest BCUT2D eigenvalue weighted by Gasteiger charge is -2.11. The van der Waals surface area contributed by atoms with Gasteiger partial charge in [-0.2, -0.15) is 0 Å². The van der Waals surface area contributed by atoms with E-state index in [1.807, 2.05) is 0 Å². The number of aliphatic hydroxyl groups excluding tert-OH is 1. The van der Waals surface area contributed by atoms with E-state index in [4.69, 9.17) is 10.5 Å². The second kappa shape index (κ2) is 5.76. The Hall–Kier alpha value is -2.03. The molecule has 0 aliphatic rings. The van der Waals surface area contributed by atoms with Gasteiger partial charge in [-0.05, 0) is 12.1 Å². The Morgan fingerprint density at radius 1 is 1.29 bits per heavy atom. The van der Waals surface area contributed by atoms with E-state index < -0.39 is 16.1 Å². The van der Waals surface area contributed by atoms with Crippen LogP contribution in [0.4, 0.5) is 5.82 Å². The van der Waals surface area contributed by atoms with Crippen LogP contribution in [0.5, 0.6) is 0 Å². The molecule has 0 spiro atoms. The molecule has 1 aromatic heterocycles. The predicted molar refractivity (Wildman–Crippen MR) is 77.0 cm³/mol. The Labute approximate surface area is 122 Å². The molecule has 1 atom stereocenters. The smallest absolute Gasteiger partial charge is 0.202 e. The Morgan fingerprint density at radius 3 is 2.43 bits per heavy atom. The molecular weight excluding hydrogens is 294 g/mol. The molecule has 0 saturated carbocycles. The van der Waals surface area contributed by atoms with Crippen LogP contribution in [-0.2, 0) is 14.6 Å². The first-order chi connectivity index (χ1) is 9.82. The molecule has 2 aromatic rings. The van der Waals surface area contributed by atoms with E-state index in [0.717, 1.165) is 6.26 Å². The Bertz CT molecular complexity index is 745. The third kappa shape index (κ3) is 3.35. The minimum Gasteiger partial charge on any atom is -0.382 e. The molecular formula is C13H15N3O4S. The van der Waals surface area contributed by atoms with Crippen LogP contribution in [0.2, 0.25) is 0 Å². The highest BCUT2D eigenvalue weighted by atomic mass is 32.2. The Kier molecular flexibility index (Phi) is 4.21. The largest absolute Gasteiger partial charge is 0.382 e. The molecule has 0 radical (unpaired) electrons. The fourth-order valence-corrected chi connectivity index (χ4v) is 2.35. The standard InChI is InChI=1S/C13H15N3O4S/c1-20-13(17)11-12(14)15-7-10(16-11)8-3-5-9(6-4-8)21(2,18)19/h3-7,13,17H,1-2H3,(H2,14,15).